The molecular formula is C10H12Cl2N2O3S. The van der Waals surface area contributed by atoms with Crippen LogP contribution in [-0.4, -0.2) is 27.4 Å². The molecule has 0 aliphatic carbocycles. The summed E-state index contributed by atoms with van der Waals surface area (Å²) in [5.74, 6) is -0.447. The summed E-state index contributed by atoms with van der Waals surface area (Å²) in [4.78, 5) is 11.1. The van der Waals surface area contributed by atoms with Crippen LogP contribution in [0, 0.1) is 0 Å². The minimum Gasteiger partial charge on any atom is -0.358 e. The van der Waals surface area contributed by atoms with Crippen LogP contribution >= 0.6 is 23.2 Å². The summed E-state index contributed by atoms with van der Waals surface area (Å²) in [6.45, 7) is 1.43. The molecule has 0 aliphatic rings. The molecular weight excluding hydrogens is 299 g/mol. The number of rotatable bonds is 4. The summed E-state index contributed by atoms with van der Waals surface area (Å²) >= 11 is 11.5. The second-order valence-electron chi connectivity index (χ2n) is 3.53. The fourth-order valence-electron chi connectivity index (χ4n) is 1.25. The second kappa shape index (κ2) is 5.88. The van der Waals surface area contributed by atoms with E-state index in [-0.39, 0.29) is 14.9 Å². The lowest BCUT2D eigenvalue weighted by atomic mass is 10.3. The van der Waals surface area contributed by atoms with E-state index in [1.165, 1.54) is 32.2 Å². The molecule has 100 valence electrons. The number of benzene rings is 1. The summed E-state index contributed by atoms with van der Waals surface area (Å²) in [5.41, 5.74) is 0. The van der Waals surface area contributed by atoms with Crippen LogP contribution in [0.25, 0.3) is 0 Å². The number of carbonyl (C=O) groups is 1. The highest BCUT2D eigenvalue weighted by molar-refractivity contribution is 7.89. The van der Waals surface area contributed by atoms with Crippen molar-refractivity contribution in [1.82, 2.24) is 10.0 Å². The number of likely N-dealkylation sites (N-methyl/N-ethyl adjacent to an activating group) is 1. The Kier molecular flexibility index (Phi) is 4.98. The van der Waals surface area contributed by atoms with Crippen molar-refractivity contribution in [1.29, 1.82) is 0 Å². The van der Waals surface area contributed by atoms with Gasteiger partial charge in [0.05, 0.1) is 11.1 Å². The number of halogens is 2. The molecule has 1 unspecified atom stereocenters. The molecule has 0 heterocycles. The zero-order valence-corrected chi connectivity index (χ0v) is 12.0. The Morgan fingerprint density at radius 3 is 2.50 bits per heavy atom. The third kappa shape index (κ3) is 3.58. The zero-order valence-electron chi connectivity index (χ0n) is 9.70. The van der Waals surface area contributed by atoms with Gasteiger partial charge in [0.1, 0.15) is 4.90 Å². The fourth-order valence-corrected chi connectivity index (χ4v) is 3.21. The average molecular weight is 311 g/mol. The van der Waals surface area contributed by atoms with Crippen LogP contribution in [0.2, 0.25) is 10.0 Å². The van der Waals surface area contributed by atoms with E-state index in [4.69, 9.17) is 23.2 Å². The second-order valence-corrected chi connectivity index (χ2v) is 6.06. The summed E-state index contributed by atoms with van der Waals surface area (Å²) in [6, 6.07) is 3.17. The van der Waals surface area contributed by atoms with Crippen LogP contribution in [0.15, 0.2) is 23.1 Å². The van der Waals surface area contributed by atoms with Gasteiger partial charge in [-0.05, 0) is 25.1 Å². The van der Waals surface area contributed by atoms with Crippen molar-refractivity contribution in [3.05, 3.63) is 28.2 Å². The maximum absolute atomic E-state index is 12.0. The molecule has 1 aromatic carbocycles. The molecule has 1 atom stereocenters. The van der Waals surface area contributed by atoms with E-state index in [1.807, 2.05) is 0 Å². The van der Waals surface area contributed by atoms with Gasteiger partial charge in [0.15, 0.2) is 0 Å². The first kappa shape index (κ1) is 15.2. The number of nitrogens with one attached hydrogen (secondary N) is 2. The van der Waals surface area contributed by atoms with E-state index >= 15 is 0 Å². The Labute approximate surface area is 116 Å². The third-order valence-electron chi connectivity index (χ3n) is 2.15. The van der Waals surface area contributed by atoms with Crippen LogP contribution in [0.3, 0.4) is 0 Å². The first-order valence-electron chi connectivity index (χ1n) is 4.97. The molecule has 0 radical (unpaired) electrons. The predicted molar refractivity (Wildman–Crippen MR) is 70.3 cm³/mol. The minimum absolute atomic E-state index is 0.0380. The molecule has 0 saturated carbocycles. The maximum atomic E-state index is 12.0. The molecule has 0 saturated heterocycles. The monoisotopic (exact) mass is 310 g/mol. The van der Waals surface area contributed by atoms with Crippen LogP contribution in [0.5, 0.6) is 0 Å². The average Bonchev–Trinajstić information content (AvgIpc) is 2.30. The lowest BCUT2D eigenvalue weighted by molar-refractivity contribution is -0.121. The van der Waals surface area contributed by atoms with Crippen molar-refractivity contribution >= 4 is 39.1 Å². The van der Waals surface area contributed by atoms with Gasteiger partial charge in [-0.25, -0.2) is 8.42 Å². The van der Waals surface area contributed by atoms with Gasteiger partial charge in [-0.15, -0.1) is 0 Å². The van der Waals surface area contributed by atoms with Crippen LogP contribution in [-0.2, 0) is 14.8 Å². The number of amides is 1. The van der Waals surface area contributed by atoms with Crippen molar-refractivity contribution < 1.29 is 13.2 Å². The molecule has 18 heavy (non-hydrogen) atoms. The largest absolute Gasteiger partial charge is 0.358 e. The smallest absolute Gasteiger partial charge is 0.242 e. The van der Waals surface area contributed by atoms with Crippen LogP contribution in [0.4, 0.5) is 0 Å². The summed E-state index contributed by atoms with van der Waals surface area (Å²) in [7, 11) is -2.48. The Morgan fingerprint density at radius 1 is 1.33 bits per heavy atom. The summed E-state index contributed by atoms with van der Waals surface area (Å²) in [5, 5.41) is 2.62. The molecule has 2 N–H and O–H groups in total. The molecule has 1 amide bonds. The molecule has 5 nitrogen and oxygen atoms in total. The Hall–Kier alpha value is -0.820. The van der Waals surface area contributed by atoms with Crippen LogP contribution in [0.1, 0.15) is 6.92 Å². The summed E-state index contributed by atoms with van der Waals surface area (Å²) < 4.78 is 26.2. The molecule has 1 aromatic rings. The molecule has 0 spiro atoms. The lowest BCUT2D eigenvalue weighted by Crippen LogP contribution is -2.43. The van der Waals surface area contributed by atoms with Crippen LogP contribution < -0.4 is 10.0 Å². The zero-order chi connectivity index (χ0) is 13.9. The maximum Gasteiger partial charge on any atom is 0.242 e. The topological polar surface area (TPSA) is 75.3 Å². The first-order valence-corrected chi connectivity index (χ1v) is 7.21. The SMILES string of the molecule is CNC(=O)C(C)NS(=O)(=O)c1cc(Cl)ccc1Cl. The van der Waals surface area contributed by atoms with Gasteiger partial charge >= 0.3 is 0 Å². The molecule has 0 fully saturated rings. The van der Waals surface area contributed by atoms with E-state index in [9.17, 15) is 13.2 Å². The highest BCUT2D eigenvalue weighted by Crippen LogP contribution is 2.24. The Balaban J connectivity index is 3.07. The number of sulfonamides is 1. The van der Waals surface area contributed by atoms with E-state index in [1.54, 1.807) is 0 Å². The molecule has 8 heteroatoms. The Bertz CT molecular complexity index is 560. The summed E-state index contributed by atoms with van der Waals surface area (Å²) in [6.07, 6.45) is 0. The molecule has 1 rings (SSSR count). The fraction of sp³-hybridized carbons (Fsp3) is 0.300. The van der Waals surface area contributed by atoms with E-state index in [0.717, 1.165) is 0 Å². The Morgan fingerprint density at radius 2 is 1.94 bits per heavy atom. The molecule has 0 aromatic heterocycles. The molecule has 0 bridgehead atoms. The van der Waals surface area contributed by atoms with E-state index in [0.29, 0.717) is 0 Å². The van der Waals surface area contributed by atoms with Crippen molar-refractivity contribution in [2.24, 2.45) is 0 Å². The number of carbonyl (C=O) groups excluding carboxylic acids is 1. The quantitative estimate of drug-likeness (QED) is 0.883. The van der Waals surface area contributed by atoms with E-state index < -0.39 is 22.0 Å². The number of hydrogen-bond donors (Lipinski definition) is 2. The highest BCUT2D eigenvalue weighted by Gasteiger charge is 2.23. The standard InChI is InChI=1S/C10H12Cl2N2O3S/c1-6(10(15)13-2)14-18(16,17)9-5-7(11)3-4-8(9)12/h3-6,14H,1-2H3,(H,13,15). The molecule has 0 aliphatic heterocycles. The van der Waals surface area contributed by atoms with Gasteiger partial charge in [0.2, 0.25) is 15.9 Å². The van der Waals surface area contributed by atoms with Gasteiger partial charge in [-0.2, -0.15) is 4.72 Å². The lowest BCUT2D eigenvalue weighted by Gasteiger charge is -2.13. The van der Waals surface area contributed by atoms with Gasteiger partial charge in [0.25, 0.3) is 0 Å². The predicted octanol–water partition coefficient (Wildman–Crippen LogP) is 1.41. The normalized spacial score (nSPS) is 13.1. The third-order valence-corrected chi connectivity index (χ3v) is 4.41. The van der Waals surface area contributed by atoms with Crippen molar-refractivity contribution in [3.8, 4) is 0 Å². The minimum atomic E-state index is -3.90. The van der Waals surface area contributed by atoms with E-state index in [2.05, 4.69) is 10.0 Å². The van der Waals surface area contributed by atoms with Crippen molar-refractivity contribution in [2.45, 2.75) is 17.9 Å². The van der Waals surface area contributed by atoms with Gasteiger partial charge < -0.3 is 5.32 Å². The van der Waals surface area contributed by atoms with Crippen molar-refractivity contribution in [2.75, 3.05) is 7.05 Å². The number of hydrogen-bond acceptors (Lipinski definition) is 3. The van der Waals surface area contributed by atoms with Gasteiger partial charge in [-0.1, -0.05) is 23.2 Å². The van der Waals surface area contributed by atoms with Gasteiger partial charge in [0, 0.05) is 12.1 Å². The first-order chi connectivity index (χ1) is 8.27. The van der Waals surface area contributed by atoms with Crippen molar-refractivity contribution in [3.63, 3.8) is 0 Å². The van der Waals surface area contributed by atoms with Gasteiger partial charge in [-0.3, -0.25) is 4.79 Å². The highest BCUT2D eigenvalue weighted by atomic mass is 35.5.